The standard InChI is InChI=1S/C10H20N2OS/c1-11(2)5-3-4-6-12-8-9(14)7-10(12)13/h9,14H,3-8H2,1-2H3. The third-order valence-electron chi connectivity index (χ3n) is 2.48. The number of unbranched alkanes of at least 4 members (excludes halogenated alkanes) is 1. The van der Waals surface area contributed by atoms with Gasteiger partial charge >= 0.3 is 0 Å². The first-order chi connectivity index (χ1) is 6.59. The van der Waals surface area contributed by atoms with E-state index in [2.05, 4.69) is 31.6 Å². The van der Waals surface area contributed by atoms with Crippen molar-refractivity contribution in [3.63, 3.8) is 0 Å². The Hall–Kier alpha value is -0.220. The van der Waals surface area contributed by atoms with Crippen molar-refractivity contribution in [3.05, 3.63) is 0 Å². The minimum absolute atomic E-state index is 0.261. The number of amides is 1. The van der Waals surface area contributed by atoms with Gasteiger partial charge in [0.2, 0.25) is 5.91 Å². The molecule has 0 aliphatic carbocycles. The van der Waals surface area contributed by atoms with E-state index in [0.717, 1.165) is 32.5 Å². The zero-order valence-electron chi connectivity index (χ0n) is 9.07. The molecule has 1 aliphatic rings. The number of rotatable bonds is 5. The number of carbonyl (C=O) groups is 1. The smallest absolute Gasteiger partial charge is 0.223 e. The molecule has 0 spiro atoms. The van der Waals surface area contributed by atoms with Crippen LogP contribution in [0.15, 0.2) is 0 Å². The lowest BCUT2D eigenvalue weighted by Gasteiger charge is -2.16. The Morgan fingerprint density at radius 3 is 2.71 bits per heavy atom. The average molecular weight is 216 g/mol. The average Bonchev–Trinajstić information content (AvgIpc) is 2.39. The largest absolute Gasteiger partial charge is 0.342 e. The lowest BCUT2D eigenvalue weighted by atomic mass is 10.3. The van der Waals surface area contributed by atoms with Crippen LogP contribution in [0.3, 0.4) is 0 Å². The van der Waals surface area contributed by atoms with Gasteiger partial charge in [-0.05, 0) is 33.5 Å². The second-order valence-electron chi connectivity index (χ2n) is 4.21. The van der Waals surface area contributed by atoms with Gasteiger partial charge < -0.3 is 9.80 Å². The van der Waals surface area contributed by atoms with Crippen LogP contribution in [0.1, 0.15) is 19.3 Å². The van der Waals surface area contributed by atoms with Crippen molar-refractivity contribution in [1.82, 2.24) is 9.80 Å². The van der Waals surface area contributed by atoms with Gasteiger partial charge in [-0.1, -0.05) is 0 Å². The number of carbonyl (C=O) groups excluding carboxylic acids is 1. The molecule has 0 bridgehead atoms. The Kier molecular flexibility index (Phi) is 4.75. The summed E-state index contributed by atoms with van der Waals surface area (Å²) in [6, 6.07) is 0. The number of hydrogen-bond acceptors (Lipinski definition) is 3. The fourth-order valence-electron chi connectivity index (χ4n) is 1.70. The maximum absolute atomic E-state index is 11.4. The Labute approximate surface area is 91.9 Å². The first kappa shape index (κ1) is 11.9. The van der Waals surface area contributed by atoms with Crippen molar-refractivity contribution in [2.75, 3.05) is 33.7 Å². The molecular weight excluding hydrogens is 196 g/mol. The number of thiol groups is 1. The molecule has 0 aromatic heterocycles. The van der Waals surface area contributed by atoms with Gasteiger partial charge in [-0.3, -0.25) is 4.79 Å². The fraction of sp³-hybridized carbons (Fsp3) is 0.900. The second-order valence-corrected chi connectivity index (χ2v) is 4.94. The van der Waals surface area contributed by atoms with Gasteiger partial charge in [0.25, 0.3) is 0 Å². The van der Waals surface area contributed by atoms with Crippen LogP contribution in [-0.2, 0) is 4.79 Å². The van der Waals surface area contributed by atoms with Crippen LogP contribution in [0.2, 0.25) is 0 Å². The fourth-order valence-corrected chi connectivity index (χ4v) is 2.05. The summed E-state index contributed by atoms with van der Waals surface area (Å²) in [5.41, 5.74) is 0. The minimum Gasteiger partial charge on any atom is -0.342 e. The van der Waals surface area contributed by atoms with Crippen molar-refractivity contribution in [1.29, 1.82) is 0 Å². The van der Waals surface area contributed by atoms with E-state index in [0.29, 0.717) is 6.42 Å². The highest BCUT2D eigenvalue weighted by atomic mass is 32.1. The maximum atomic E-state index is 11.4. The van der Waals surface area contributed by atoms with Gasteiger partial charge in [-0.2, -0.15) is 12.6 Å². The molecule has 1 saturated heterocycles. The van der Waals surface area contributed by atoms with Crippen LogP contribution < -0.4 is 0 Å². The van der Waals surface area contributed by atoms with Crippen molar-refractivity contribution in [3.8, 4) is 0 Å². The van der Waals surface area contributed by atoms with Crippen molar-refractivity contribution < 1.29 is 4.79 Å². The Morgan fingerprint density at radius 2 is 2.21 bits per heavy atom. The second kappa shape index (κ2) is 5.61. The summed E-state index contributed by atoms with van der Waals surface area (Å²) in [4.78, 5) is 15.5. The molecule has 1 unspecified atom stereocenters. The molecule has 82 valence electrons. The summed E-state index contributed by atoms with van der Waals surface area (Å²) in [5, 5.41) is 0.261. The minimum atomic E-state index is 0.261. The summed E-state index contributed by atoms with van der Waals surface area (Å²) in [7, 11) is 4.15. The first-order valence-corrected chi connectivity index (χ1v) is 5.72. The molecule has 0 saturated carbocycles. The van der Waals surface area contributed by atoms with Gasteiger partial charge in [-0.15, -0.1) is 0 Å². The topological polar surface area (TPSA) is 23.6 Å². The molecule has 1 heterocycles. The monoisotopic (exact) mass is 216 g/mol. The van der Waals surface area contributed by atoms with Gasteiger partial charge in [0.1, 0.15) is 0 Å². The SMILES string of the molecule is CN(C)CCCCN1CC(S)CC1=O. The summed E-state index contributed by atoms with van der Waals surface area (Å²) in [6.45, 7) is 2.85. The molecule has 0 aromatic rings. The molecule has 1 atom stereocenters. The van der Waals surface area contributed by atoms with E-state index in [1.165, 1.54) is 0 Å². The Bertz CT molecular complexity index is 197. The van der Waals surface area contributed by atoms with E-state index in [-0.39, 0.29) is 11.2 Å². The van der Waals surface area contributed by atoms with Crippen molar-refractivity contribution >= 4 is 18.5 Å². The molecule has 1 rings (SSSR count). The van der Waals surface area contributed by atoms with E-state index >= 15 is 0 Å². The number of hydrogen-bond donors (Lipinski definition) is 1. The molecule has 3 nitrogen and oxygen atoms in total. The van der Waals surface area contributed by atoms with Crippen LogP contribution in [0.4, 0.5) is 0 Å². The number of likely N-dealkylation sites (tertiary alicyclic amines) is 1. The third kappa shape index (κ3) is 3.88. The van der Waals surface area contributed by atoms with Crippen LogP contribution >= 0.6 is 12.6 Å². The summed E-state index contributed by atoms with van der Waals surface area (Å²) in [5.74, 6) is 0.273. The van der Waals surface area contributed by atoms with Crippen LogP contribution in [-0.4, -0.2) is 54.7 Å². The predicted molar refractivity (Wildman–Crippen MR) is 61.8 cm³/mol. The molecule has 14 heavy (non-hydrogen) atoms. The lowest BCUT2D eigenvalue weighted by molar-refractivity contribution is -0.127. The zero-order chi connectivity index (χ0) is 10.6. The van der Waals surface area contributed by atoms with Crippen molar-refractivity contribution in [2.24, 2.45) is 0 Å². The first-order valence-electron chi connectivity index (χ1n) is 5.20. The molecular formula is C10H20N2OS. The number of nitrogens with zero attached hydrogens (tertiary/aromatic N) is 2. The predicted octanol–water partition coefficient (Wildman–Crippen LogP) is 0.859. The van der Waals surface area contributed by atoms with E-state index in [1.54, 1.807) is 0 Å². The normalized spacial score (nSPS) is 22.4. The lowest BCUT2D eigenvalue weighted by Crippen LogP contribution is -2.27. The highest BCUT2D eigenvalue weighted by Gasteiger charge is 2.26. The van der Waals surface area contributed by atoms with Crippen molar-refractivity contribution in [2.45, 2.75) is 24.5 Å². The summed E-state index contributed by atoms with van der Waals surface area (Å²) in [6.07, 6.45) is 2.88. The highest BCUT2D eigenvalue weighted by Crippen LogP contribution is 2.16. The van der Waals surface area contributed by atoms with Crippen LogP contribution in [0, 0.1) is 0 Å². The van der Waals surface area contributed by atoms with Crippen LogP contribution in [0.5, 0.6) is 0 Å². The van der Waals surface area contributed by atoms with E-state index in [9.17, 15) is 4.79 Å². The summed E-state index contributed by atoms with van der Waals surface area (Å²) < 4.78 is 0. The highest BCUT2D eigenvalue weighted by molar-refractivity contribution is 7.81. The Balaban J connectivity index is 2.10. The van der Waals surface area contributed by atoms with E-state index in [4.69, 9.17) is 0 Å². The quantitative estimate of drug-likeness (QED) is 0.544. The van der Waals surface area contributed by atoms with E-state index in [1.807, 2.05) is 4.90 Å². The van der Waals surface area contributed by atoms with E-state index < -0.39 is 0 Å². The molecule has 1 amide bonds. The van der Waals surface area contributed by atoms with Gasteiger partial charge in [0.05, 0.1) is 0 Å². The zero-order valence-corrected chi connectivity index (χ0v) is 9.96. The Morgan fingerprint density at radius 1 is 1.50 bits per heavy atom. The van der Waals surface area contributed by atoms with Crippen LogP contribution in [0.25, 0.3) is 0 Å². The summed E-state index contributed by atoms with van der Waals surface area (Å²) >= 11 is 4.32. The van der Waals surface area contributed by atoms with Gasteiger partial charge in [0, 0.05) is 24.8 Å². The molecule has 0 radical (unpaired) electrons. The molecule has 1 aliphatic heterocycles. The maximum Gasteiger partial charge on any atom is 0.223 e. The molecule has 0 N–H and O–H groups in total. The molecule has 1 fully saturated rings. The molecule has 4 heteroatoms. The third-order valence-corrected chi connectivity index (χ3v) is 2.82. The van der Waals surface area contributed by atoms with Gasteiger partial charge in [0.15, 0.2) is 0 Å². The van der Waals surface area contributed by atoms with Gasteiger partial charge in [-0.25, -0.2) is 0 Å². The molecule has 0 aromatic carbocycles.